The Morgan fingerprint density at radius 2 is 1.83 bits per heavy atom. The molecule has 3 aromatic rings. The normalized spacial score (nSPS) is 22.0. The Hall–Kier alpha value is -3.72. The van der Waals surface area contributed by atoms with Gasteiger partial charge < -0.3 is 9.30 Å². The number of benzene rings is 1. The van der Waals surface area contributed by atoms with Crippen LogP contribution < -0.4 is 15.0 Å². The minimum atomic E-state index is -0.424. The molecule has 1 aromatic carbocycles. The number of anilines is 1. The highest BCUT2D eigenvalue weighted by molar-refractivity contribution is 6.05. The number of carbonyl (C=O) groups is 2. The number of imidazole rings is 1. The van der Waals surface area contributed by atoms with Crippen LogP contribution in [0.1, 0.15) is 76.6 Å². The minimum Gasteiger partial charge on any atom is -0.490 e. The number of pyridine rings is 1. The molecule has 0 radical (unpaired) electrons. The Morgan fingerprint density at radius 3 is 2.56 bits per heavy atom. The molecule has 4 heterocycles. The van der Waals surface area contributed by atoms with Crippen molar-refractivity contribution in [1.29, 1.82) is 0 Å². The molecular formula is C32H40N6O3. The lowest BCUT2D eigenvalue weighted by Gasteiger charge is -2.38. The number of hydrogen-bond donors (Lipinski definition) is 1. The molecule has 1 N–H and O–H groups in total. The maximum Gasteiger partial charge on any atom is 0.329 e. The Labute approximate surface area is 241 Å². The molecule has 0 spiro atoms. The smallest absolute Gasteiger partial charge is 0.329 e. The number of amides is 3. The van der Waals surface area contributed by atoms with E-state index < -0.39 is 6.03 Å². The van der Waals surface area contributed by atoms with Gasteiger partial charge in [0.25, 0.3) is 0 Å². The maximum absolute atomic E-state index is 12.4. The van der Waals surface area contributed by atoms with Crippen molar-refractivity contribution in [2.24, 2.45) is 12.5 Å². The number of aromatic nitrogens is 3. The van der Waals surface area contributed by atoms with Crippen molar-refractivity contribution in [2.75, 3.05) is 11.4 Å². The standard InChI is InChI=1S/C32H40N6O3/c1-31(2)16-7-6-8-25(31)41-23-12-9-21(10-13-23)19-37-20-22-11-14-24(34-28(22)32(37,3)4)29-33-18-27(36(29)5)38-17-15-26(39)35-30(38)40/h9-14,18,25H,6-8,15-17,19-20H2,1-5H3,(H,35,39,40)/t25-/m1/s1. The van der Waals surface area contributed by atoms with Crippen LogP contribution in [0.3, 0.4) is 0 Å². The number of nitrogens with one attached hydrogen (secondary N) is 1. The van der Waals surface area contributed by atoms with Crippen LogP contribution in [0.2, 0.25) is 0 Å². The maximum atomic E-state index is 12.4. The lowest BCUT2D eigenvalue weighted by molar-refractivity contribution is -0.120. The third kappa shape index (κ3) is 5.12. The second-order valence-electron chi connectivity index (χ2n) is 12.9. The van der Waals surface area contributed by atoms with Gasteiger partial charge in [-0.25, -0.2) is 14.8 Å². The van der Waals surface area contributed by atoms with Crippen molar-refractivity contribution in [3.63, 3.8) is 0 Å². The Morgan fingerprint density at radius 1 is 1.05 bits per heavy atom. The first-order valence-electron chi connectivity index (χ1n) is 14.7. The average molecular weight is 557 g/mol. The summed E-state index contributed by atoms with van der Waals surface area (Å²) in [5, 5.41) is 2.38. The molecule has 2 aliphatic heterocycles. The van der Waals surface area contributed by atoms with Gasteiger partial charge in [-0.3, -0.25) is 19.9 Å². The van der Waals surface area contributed by atoms with Gasteiger partial charge in [0.15, 0.2) is 5.82 Å². The van der Waals surface area contributed by atoms with E-state index in [2.05, 4.69) is 73.2 Å². The fourth-order valence-electron chi connectivity index (χ4n) is 6.49. The van der Waals surface area contributed by atoms with Gasteiger partial charge in [-0.15, -0.1) is 0 Å². The summed E-state index contributed by atoms with van der Waals surface area (Å²) in [6, 6.07) is 12.3. The zero-order valence-electron chi connectivity index (χ0n) is 24.7. The predicted molar refractivity (Wildman–Crippen MR) is 157 cm³/mol. The van der Waals surface area contributed by atoms with Crippen LogP contribution in [0, 0.1) is 5.41 Å². The van der Waals surface area contributed by atoms with Crippen molar-refractivity contribution in [3.8, 4) is 17.3 Å². The topological polar surface area (TPSA) is 92.6 Å². The van der Waals surface area contributed by atoms with Gasteiger partial charge in [0.1, 0.15) is 23.4 Å². The van der Waals surface area contributed by atoms with Crippen LogP contribution in [-0.4, -0.2) is 44.0 Å². The van der Waals surface area contributed by atoms with E-state index in [4.69, 9.17) is 9.72 Å². The second kappa shape index (κ2) is 10.3. The fraction of sp³-hybridized carbons (Fsp3) is 0.500. The molecule has 41 heavy (non-hydrogen) atoms. The average Bonchev–Trinajstić information content (AvgIpc) is 3.42. The van der Waals surface area contributed by atoms with Gasteiger partial charge in [-0.1, -0.05) is 38.5 Å². The number of ether oxygens (including phenoxy) is 1. The van der Waals surface area contributed by atoms with Crippen LogP contribution in [0.4, 0.5) is 10.6 Å². The van der Waals surface area contributed by atoms with E-state index in [9.17, 15) is 9.59 Å². The molecule has 1 aliphatic carbocycles. The van der Waals surface area contributed by atoms with Gasteiger partial charge in [-0.2, -0.15) is 0 Å². The second-order valence-corrected chi connectivity index (χ2v) is 12.9. The molecule has 1 atom stereocenters. The molecule has 9 heteroatoms. The largest absolute Gasteiger partial charge is 0.490 e. The molecule has 3 amide bonds. The van der Waals surface area contributed by atoms with Gasteiger partial charge >= 0.3 is 6.03 Å². The summed E-state index contributed by atoms with van der Waals surface area (Å²) >= 11 is 0. The molecular weight excluding hydrogens is 516 g/mol. The number of carbonyl (C=O) groups excluding carboxylic acids is 2. The molecule has 6 rings (SSSR count). The molecule has 216 valence electrons. The van der Waals surface area contributed by atoms with E-state index in [1.54, 1.807) is 11.1 Å². The summed E-state index contributed by atoms with van der Waals surface area (Å²) in [6.45, 7) is 11.0. The first-order valence-corrected chi connectivity index (χ1v) is 14.7. The van der Waals surface area contributed by atoms with Gasteiger partial charge in [0.2, 0.25) is 5.91 Å². The summed E-state index contributed by atoms with van der Waals surface area (Å²) in [4.78, 5) is 37.7. The third-order valence-corrected chi connectivity index (χ3v) is 9.22. The van der Waals surface area contributed by atoms with Gasteiger partial charge in [0.05, 0.1) is 17.4 Å². The van der Waals surface area contributed by atoms with E-state index in [0.29, 0.717) is 18.2 Å². The van der Waals surface area contributed by atoms with Crippen LogP contribution in [0.25, 0.3) is 11.5 Å². The fourth-order valence-corrected chi connectivity index (χ4v) is 6.49. The lowest BCUT2D eigenvalue weighted by atomic mass is 9.75. The zero-order chi connectivity index (χ0) is 28.9. The van der Waals surface area contributed by atoms with Crippen LogP contribution in [0.15, 0.2) is 42.6 Å². The summed E-state index contributed by atoms with van der Waals surface area (Å²) in [5.74, 6) is 2.01. The summed E-state index contributed by atoms with van der Waals surface area (Å²) in [7, 11) is 1.87. The van der Waals surface area contributed by atoms with E-state index >= 15 is 0 Å². The number of nitrogens with zero attached hydrogens (tertiary/aromatic N) is 5. The first kappa shape index (κ1) is 27.4. The number of imide groups is 1. The summed E-state index contributed by atoms with van der Waals surface area (Å²) < 4.78 is 8.29. The van der Waals surface area contributed by atoms with Crippen molar-refractivity contribution < 1.29 is 14.3 Å². The van der Waals surface area contributed by atoms with E-state index in [-0.39, 0.29) is 29.4 Å². The Bertz CT molecular complexity index is 1480. The molecule has 9 nitrogen and oxygen atoms in total. The highest BCUT2D eigenvalue weighted by Crippen LogP contribution is 2.41. The van der Waals surface area contributed by atoms with E-state index in [1.165, 1.54) is 30.4 Å². The SMILES string of the molecule is Cn1c(N2CCC(=O)NC2=O)cnc1-c1ccc2c(n1)C(C)(C)N(Cc1ccc(O[C@@H]3CCCCC3(C)C)cc1)C2. The highest BCUT2D eigenvalue weighted by atomic mass is 16.5. The van der Waals surface area contributed by atoms with Gasteiger partial charge in [-0.05, 0) is 62.4 Å². The predicted octanol–water partition coefficient (Wildman–Crippen LogP) is 5.53. The Kier molecular flexibility index (Phi) is 6.88. The van der Waals surface area contributed by atoms with Crippen molar-refractivity contribution >= 4 is 17.8 Å². The van der Waals surface area contributed by atoms with Gasteiger partial charge in [0, 0.05) is 38.5 Å². The Balaban J connectivity index is 1.17. The van der Waals surface area contributed by atoms with Crippen LogP contribution >= 0.6 is 0 Å². The molecule has 0 unspecified atom stereocenters. The molecule has 0 bridgehead atoms. The van der Waals surface area contributed by atoms with Crippen LogP contribution in [0.5, 0.6) is 5.75 Å². The molecule has 2 aromatic heterocycles. The molecule has 3 aliphatic rings. The first-order chi connectivity index (χ1) is 19.5. The number of hydrogen-bond acceptors (Lipinski definition) is 6. The van der Waals surface area contributed by atoms with Crippen molar-refractivity contribution in [1.82, 2.24) is 24.8 Å². The number of urea groups is 1. The minimum absolute atomic E-state index is 0.216. The molecule has 1 saturated heterocycles. The molecule has 1 saturated carbocycles. The lowest BCUT2D eigenvalue weighted by Crippen LogP contribution is -2.50. The van der Waals surface area contributed by atoms with Crippen molar-refractivity contribution in [3.05, 3.63) is 59.4 Å². The zero-order valence-corrected chi connectivity index (χ0v) is 24.7. The van der Waals surface area contributed by atoms with Crippen molar-refractivity contribution in [2.45, 2.75) is 84.5 Å². The number of rotatable bonds is 6. The summed E-state index contributed by atoms with van der Waals surface area (Å²) in [5.41, 5.74) is 4.20. The molecule has 2 fully saturated rings. The highest BCUT2D eigenvalue weighted by Gasteiger charge is 2.39. The third-order valence-electron chi connectivity index (χ3n) is 9.22. The summed E-state index contributed by atoms with van der Waals surface area (Å²) in [6.07, 6.45) is 7.07. The monoisotopic (exact) mass is 556 g/mol. The van der Waals surface area contributed by atoms with Crippen LogP contribution in [-0.2, 0) is 30.5 Å². The number of fused-ring (bicyclic) bond motifs is 1. The van der Waals surface area contributed by atoms with E-state index in [1.807, 2.05) is 17.7 Å². The quantitative estimate of drug-likeness (QED) is 0.429. The van der Waals surface area contributed by atoms with E-state index in [0.717, 1.165) is 36.6 Å².